The maximum atomic E-state index is 13.2. The third kappa shape index (κ3) is 3.15. The van der Waals surface area contributed by atoms with Crippen LogP contribution in [0.25, 0.3) is 0 Å². The number of rotatable bonds is 4. The summed E-state index contributed by atoms with van der Waals surface area (Å²) in [7, 11) is 0. The number of hydrogen-bond acceptors (Lipinski definition) is 3. The predicted molar refractivity (Wildman–Crippen MR) is 108 cm³/mol. The van der Waals surface area contributed by atoms with E-state index in [0.717, 1.165) is 33.4 Å². The van der Waals surface area contributed by atoms with Crippen LogP contribution in [0.4, 0.5) is 0 Å². The summed E-state index contributed by atoms with van der Waals surface area (Å²) in [6.45, 7) is 6.08. The fourth-order valence-corrected chi connectivity index (χ4v) is 3.47. The molecule has 0 fully saturated rings. The molecule has 3 heteroatoms. The quantitative estimate of drug-likeness (QED) is 0.385. The van der Waals surface area contributed by atoms with Crippen molar-refractivity contribution in [3.63, 3.8) is 0 Å². The SMILES string of the molecule is Cc1ccc(C(C(=O)OS)(c2ccc(C)cc2)c2ccc(C)cc2)cc1. The van der Waals surface area contributed by atoms with E-state index in [-0.39, 0.29) is 0 Å². The molecule has 0 aliphatic heterocycles. The molecule has 0 unspecified atom stereocenters. The van der Waals surface area contributed by atoms with Crippen molar-refractivity contribution in [3.8, 4) is 0 Å². The van der Waals surface area contributed by atoms with Crippen LogP contribution in [0.3, 0.4) is 0 Å². The molecule has 132 valence electrons. The largest absolute Gasteiger partial charge is 0.393 e. The fourth-order valence-electron chi connectivity index (χ4n) is 3.33. The molecule has 0 amide bonds. The Bertz CT molecular complexity index is 784. The Morgan fingerprint density at radius 3 is 1.15 bits per heavy atom. The number of aryl methyl sites for hydroxylation is 3. The van der Waals surface area contributed by atoms with E-state index in [1.807, 2.05) is 93.6 Å². The molecule has 0 aliphatic rings. The maximum absolute atomic E-state index is 13.2. The Kier molecular flexibility index (Phi) is 5.19. The first-order valence-electron chi connectivity index (χ1n) is 8.55. The summed E-state index contributed by atoms with van der Waals surface area (Å²) in [5.74, 6) is -0.419. The zero-order valence-corrected chi connectivity index (χ0v) is 16.1. The highest BCUT2D eigenvalue weighted by Crippen LogP contribution is 2.41. The number of carbonyl (C=O) groups is 1. The van der Waals surface area contributed by atoms with Crippen molar-refractivity contribution in [2.75, 3.05) is 0 Å². The lowest BCUT2D eigenvalue weighted by Gasteiger charge is -2.32. The van der Waals surface area contributed by atoms with Crippen molar-refractivity contribution in [2.45, 2.75) is 26.2 Å². The van der Waals surface area contributed by atoms with Crippen LogP contribution in [-0.2, 0) is 14.4 Å². The molecule has 26 heavy (non-hydrogen) atoms. The van der Waals surface area contributed by atoms with Gasteiger partial charge in [-0.3, -0.25) is 0 Å². The summed E-state index contributed by atoms with van der Waals surface area (Å²) in [6, 6.07) is 24.0. The summed E-state index contributed by atoms with van der Waals surface area (Å²) in [5.41, 5.74) is 4.90. The monoisotopic (exact) mass is 362 g/mol. The maximum Gasteiger partial charge on any atom is 0.337 e. The van der Waals surface area contributed by atoms with Gasteiger partial charge in [-0.25, -0.2) is 4.79 Å². The predicted octanol–water partition coefficient (Wildman–Crippen LogP) is 5.33. The molecule has 0 aromatic heterocycles. The number of thiol groups is 1. The van der Waals surface area contributed by atoms with Gasteiger partial charge >= 0.3 is 5.97 Å². The minimum Gasteiger partial charge on any atom is -0.393 e. The van der Waals surface area contributed by atoms with Crippen molar-refractivity contribution in [1.29, 1.82) is 0 Å². The highest BCUT2D eigenvalue weighted by atomic mass is 32.1. The van der Waals surface area contributed by atoms with Crippen molar-refractivity contribution in [2.24, 2.45) is 0 Å². The van der Waals surface area contributed by atoms with Crippen LogP contribution < -0.4 is 0 Å². The Morgan fingerprint density at radius 2 is 0.923 bits per heavy atom. The summed E-state index contributed by atoms with van der Waals surface area (Å²) in [6.07, 6.45) is 0. The van der Waals surface area contributed by atoms with E-state index >= 15 is 0 Å². The molecule has 0 spiro atoms. The molecule has 0 atom stereocenters. The van der Waals surface area contributed by atoms with E-state index < -0.39 is 11.4 Å². The van der Waals surface area contributed by atoms with Gasteiger partial charge < -0.3 is 4.18 Å². The van der Waals surface area contributed by atoms with E-state index in [4.69, 9.17) is 4.18 Å². The topological polar surface area (TPSA) is 26.3 Å². The standard InChI is InChI=1S/C23H22O2S/c1-16-4-10-19(11-5-16)23(22(24)25-26,20-12-6-17(2)7-13-20)21-14-8-18(3)9-15-21/h4-15,26H,1-3H3. The van der Waals surface area contributed by atoms with Gasteiger partial charge in [-0.1, -0.05) is 89.5 Å². The van der Waals surface area contributed by atoms with Gasteiger partial charge in [0.2, 0.25) is 0 Å². The molecular formula is C23H22O2S. The van der Waals surface area contributed by atoms with Crippen molar-refractivity contribution in [3.05, 3.63) is 106 Å². The third-order valence-corrected chi connectivity index (χ3v) is 5.01. The van der Waals surface area contributed by atoms with E-state index in [1.165, 1.54) is 0 Å². The van der Waals surface area contributed by atoms with Crippen LogP contribution in [-0.4, -0.2) is 5.97 Å². The Labute approximate surface area is 160 Å². The highest BCUT2D eigenvalue weighted by Gasteiger charge is 2.45. The van der Waals surface area contributed by atoms with Gasteiger partial charge in [-0.15, -0.1) is 0 Å². The molecule has 2 nitrogen and oxygen atoms in total. The lowest BCUT2D eigenvalue weighted by molar-refractivity contribution is -0.136. The molecule has 0 heterocycles. The second-order valence-electron chi connectivity index (χ2n) is 6.73. The molecule has 0 bridgehead atoms. The van der Waals surface area contributed by atoms with Crippen LogP contribution in [0.15, 0.2) is 72.8 Å². The van der Waals surface area contributed by atoms with Crippen LogP contribution in [0.5, 0.6) is 0 Å². The first-order chi connectivity index (χ1) is 12.5. The van der Waals surface area contributed by atoms with E-state index in [2.05, 4.69) is 12.9 Å². The summed E-state index contributed by atoms with van der Waals surface area (Å²) in [5, 5.41) is 0. The first kappa shape index (κ1) is 18.3. The highest BCUT2D eigenvalue weighted by molar-refractivity contribution is 7.75. The molecule has 0 saturated carbocycles. The van der Waals surface area contributed by atoms with E-state index in [1.54, 1.807) is 0 Å². The van der Waals surface area contributed by atoms with Gasteiger partial charge in [-0.2, -0.15) is 0 Å². The van der Waals surface area contributed by atoms with Crippen molar-refractivity contribution < 1.29 is 8.98 Å². The molecule has 3 aromatic rings. The third-order valence-electron chi connectivity index (χ3n) is 4.84. The molecule has 0 saturated heterocycles. The van der Waals surface area contributed by atoms with Gasteiger partial charge in [0.25, 0.3) is 0 Å². The molecular weight excluding hydrogens is 340 g/mol. The van der Waals surface area contributed by atoms with Gasteiger partial charge in [-0.05, 0) is 37.5 Å². The Morgan fingerprint density at radius 1 is 0.654 bits per heavy atom. The zero-order chi connectivity index (χ0) is 18.7. The molecule has 3 rings (SSSR count). The van der Waals surface area contributed by atoms with Gasteiger partial charge in [0.1, 0.15) is 5.41 Å². The van der Waals surface area contributed by atoms with E-state index in [9.17, 15) is 4.79 Å². The molecule has 0 aliphatic carbocycles. The molecule has 0 radical (unpaired) electrons. The van der Waals surface area contributed by atoms with Gasteiger partial charge in [0.05, 0.1) is 0 Å². The van der Waals surface area contributed by atoms with Gasteiger partial charge in [0, 0.05) is 12.9 Å². The van der Waals surface area contributed by atoms with E-state index in [0.29, 0.717) is 0 Å². The average Bonchev–Trinajstić information content (AvgIpc) is 2.66. The molecule has 0 N–H and O–H groups in total. The Balaban J connectivity index is 2.37. The zero-order valence-electron chi connectivity index (χ0n) is 15.2. The van der Waals surface area contributed by atoms with Crippen LogP contribution >= 0.6 is 12.9 Å². The number of benzene rings is 3. The minimum atomic E-state index is -1.07. The normalized spacial score (nSPS) is 11.2. The first-order valence-corrected chi connectivity index (χ1v) is 8.92. The second-order valence-corrected chi connectivity index (χ2v) is 6.91. The van der Waals surface area contributed by atoms with Crippen LogP contribution in [0, 0.1) is 20.8 Å². The van der Waals surface area contributed by atoms with Crippen LogP contribution in [0.1, 0.15) is 33.4 Å². The second kappa shape index (κ2) is 7.38. The summed E-state index contributed by atoms with van der Waals surface area (Å²) >= 11 is 3.87. The fraction of sp³-hybridized carbons (Fsp3) is 0.174. The van der Waals surface area contributed by atoms with Crippen molar-refractivity contribution >= 4 is 18.9 Å². The molecule has 3 aromatic carbocycles. The number of carbonyl (C=O) groups excluding carboxylic acids is 1. The van der Waals surface area contributed by atoms with Crippen molar-refractivity contribution in [1.82, 2.24) is 0 Å². The minimum absolute atomic E-state index is 0.419. The van der Waals surface area contributed by atoms with Gasteiger partial charge in [0.15, 0.2) is 0 Å². The number of hydrogen-bond donors (Lipinski definition) is 1. The average molecular weight is 362 g/mol. The Hall–Kier alpha value is -2.52. The smallest absolute Gasteiger partial charge is 0.337 e. The lowest BCUT2D eigenvalue weighted by atomic mass is 9.69. The van der Waals surface area contributed by atoms with Crippen LogP contribution in [0.2, 0.25) is 0 Å². The summed E-state index contributed by atoms with van der Waals surface area (Å²) in [4.78, 5) is 13.2. The lowest BCUT2D eigenvalue weighted by Crippen LogP contribution is -2.39. The summed E-state index contributed by atoms with van der Waals surface area (Å²) < 4.78 is 5.03.